The van der Waals surface area contributed by atoms with E-state index in [4.69, 9.17) is 19.1 Å². The van der Waals surface area contributed by atoms with Gasteiger partial charge in [-0.15, -0.1) is 9.79 Å². The van der Waals surface area contributed by atoms with E-state index in [1.54, 1.807) is 0 Å². The minimum absolute atomic E-state index is 0.994. The molecule has 0 saturated heterocycles. The molecule has 0 aromatic rings. The second-order valence-electron chi connectivity index (χ2n) is 8.23. The Bertz CT molecular complexity index is 275. The Balaban J connectivity index is 0. The van der Waals surface area contributed by atoms with Crippen molar-refractivity contribution in [1.29, 1.82) is 0 Å². The lowest BCUT2D eigenvalue weighted by Gasteiger charge is -2.05. The molecule has 0 aliphatic carbocycles. The smallest absolute Gasteiger partial charge is 0.381 e. The number of unbranched alkanes of at least 4 members (excludes halogenated alkanes) is 18. The second kappa shape index (κ2) is 30.2. The van der Waals surface area contributed by atoms with Crippen molar-refractivity contribution in [3.8, 4) is 0 Å². The van der Waals surface area contributed by atoms with Gasteiger partial charge in [-0.3, -0.25) is 0 Å². The molecule has 0 aliphatic heterocycles. The first-order chi connectivity index (χ1) is 14.1. The van der Waals surface area contributed by atoms with Gasteiger partial charge >= 0.3 is 8.25 Å². The van der Waals surface area contributed by atoms with Gasteiger partial charge in [-0.25, -0.2) is 0 Å². The van der Waals surface area contributed by atoms with Crippen LogP contribution in [0, 0.1) is 0 Å². The van der Waals surface area contributed by atoms with E-state index < -0.39 is 8.25 Å². The van der Waals surface area contributed by atoms with Gasteiger partial charge in [0.2, 0.25) is 0 Å². The van der Waals surface area contributed by atoms with Gasteiger partial charge in [-0.05, 0) is 12.8 Å². The molecule has 0 saturated carbocycles. The molecular formula is C24H52O4P+. The average molecular weight is 436 g/mol. The van der Waals surface area contributed by atoms with Crippen LogP contribution in [0.2, 0.25) is 0 Å². The highest BCUT2D eigenvalue weighted by Crippen LogP contribution is 2.12. The quantitative estimate of drug-likeness (QED) is 0.132. The average Bonchev–Trinajstić information content (AvgIpc) is 2.69. The molecular weight excluding hydrogens is 383 g/mol. The summed E-state index contributed by atoms with van der Waals surface area (Å²) in [4.78, 5) is 14.2. The zero-order valence-corrected chi connectivity index (χ0v) is 20.6. The highest BCUT2D eigenvalue weighted by atomic mass is 31.1. The molecule has 0 fully saturated rings. The maximum atomic E-state index is 8.70. The summed E-state index contributed by atoms with van der Waals surface area (Å²) in [5, 5.41) is 0. The molecule has 4 nitrogen and oxygen atoms in total. The van der Waals surface area contributed by atoms with Gasteiger partial charge in [0, 0.05) is 17.8 Å². The van der Waals surface area contributed by atoms with Gasteiger partial charge in [0.15, 0.2) is 0 Å². The molecule has 0 aromatic heterocycles. The van der Waals surface area contributed by atoms with Gasteiger partial charge < -0.3 is 4.74 Å². The Labute approximate surface area is 183 Å². The summed E-state index contributed by atoms with van der Waals surface area (Å²) >= 11 is 0. The molecule has 176 valence electrons. The lowest BCUT2D eigenvalue weighted by atomic mass is 10.1. The Kier molecular flexibility index (Phi) is 32.4. The van der Waals surface area contributed by atoms with Crippen LogP contribution in [0.5, 0.6) is 0 Å². The van der Waals surface area contributed by atoms with E-state index in [1.165, 1.54) is 128 Å². The number of hydrogen-bond acceptors (Lipinski definition) is 2. The minimum Gasteiger partial charge on any atom is -0.381 e. The third-order valence-corrected chi connectivity index (χ3v) is 5.28. The molecule has 2 N–H and O–H groups in total. The predicted octanol–water partition coefficient (Wildman–Crippen LogP) is 8.47. The van der Waals surface area contributed by atoms with Crippen LogP contribution in [-0.4, -0.2) is 23.0 Å². The van der Waals surface area contributed by atoms with Crippen LogP contribution >= 0.6 is 8.25 Å². The fraction of sp³-hybridized carbons (Fsp3) is 1.00. The highest BCUT2D eigenvalue weighted by molar-refractivity contribution is 7.30. The zero-order valence-electron chi connectivity index (χ0n) is 19.7. The molecule has 0 heterocycles. The first-order valence-corrected chi connectivity index (χ1v) is 13.7. The lowest BCUT2D eigenvalue weighted by Crippen LogP contribution is -1.97. The van der Waals surface area contributed by atoms with Crippen LogP contribution in [0.4, 0.5) is 0 Å². The van der Waals surface area contributed by atoms with Crippen LogP contribution in [0.25, 0.3) is 0 Å². The largest absolute Gasteiger partial charge is 0.692 e. The Morgan fingerprint density at radius 1 is 0.483 bits per heavy atom. The van der Waals surface area contributed by atoms with E-state index in [2.05, 4.69) is 13.8 Å². The molecule has 0 unspecified atom stereocenters. The van der Waals surface area contributed by atoms with Crippen LogP contribution < -0.4 is 0 Å². The van der Waals surface area contributed by atoms with Crippen molar-refractivity contribution in [3.63, 3.8) is 0 Å². The van der Waals surface area contributed by atoms with Crippen LogP contribution in [0.3, 0.4) is 0 Å². The Morgan fingerprint density at radius 2 is 0.690 bits per heavy atom. The summed E-state index contributed by atoms with van der Waals surface area (Å²) in [5.74, 6) is 0. The van der Waals surface area contributed by atoms with E-state index in [0.717, 1.165) is 13.2 Å². The van der Waals surface area contributed by atoms with Crippen LogP contribution in [0.1, 0.15) is 142 Å². The fourth-order valence-corrected chi connectivity index (χ4v) is 3.49. The molecule has 0 bridgehead atoms. The summed E-state index contributed by atoms with van der Waals surface area (Å²) in [6, 6.07) is 0. The third-order valence-electron chi connectivity index (χ3n) is 5.28. The van der Waals surface area contributed by atoms with Gasteiger partial charge in [0.1, 0.15) is 0 Å². The maximum Gasteiger partial charge on any atom is 0.692 e. The maximum absolute atomic E-state index is 8.70. The predicted molar refractivity (Wildman–Crippen MR) is 127 cm³/mol. The van der Waals surface area contributed by atoms with E-state index in [9.17, 15) is 0 Å². The molecule has 0 aromatic carbocycles. The molecule has 29 heavy (non-hydrogen) atoms. The monoisotopic (exact) mass is 435 g/mol. The second-order valence-corrected chi connectivity index (χ2v) is 8.73. The molecule has 0 radical (unpaired) electrons. The summed E-state index contributed by atoms with van der Waals surface area (Å²) in [6.07, 6.45) is 28.2. The van der Waals surface area contributed by atoms with E-state index in [0.29, 0.717) is 0 Å². The van der Waals surface area contributed by atoms with Crippen LogP contribution in [-0.2, 0) is 9.30 Å². The Hall–Kier alpha value is -0.0200. The first kappa shape index (κ1) is 31.2. The van der Waals surface area contributed by atoms with Crippen molar-refractivity contribution in [2.45, 2.75) is 142 Å². The third kappa shape index (κ3) is 39.1. The number of rotatable bonds is 22. The van der Waals surface area contributed by atoms with Crippen molar-refractivity contribution in [2.24, 2.45) is 0 Å². The molecule has 0 aliphatic rings. The molecule has 0 atom stereocenters. The van der Waals surface area contributed by atoms with Gasteiger partial charge in [0.25, 0.3) is 0 Å². The molecule has 0 spiro atoms. The minimum atomic E-state index is -2.87. The van der Waals surface area contributed by atoms with Gasteiger partial charge in [0.05, 0.1) is 0 Å². The number of hydrogen-bond donors (Lipinski definition) is 2. The summed E-state index contributed by atoms with van der Waals surface area (Å²) < 4.78 is 14.5. The van der Waals surface area contributed by atoms with E-state index in [1.807, 2.05) is 0 Å². The van der Waals surface area contributed by atoms with Crippen molar-refractivity contribution in [1.82, 2.24) is 0 Å². The van der Waals surface area contributed by atoms with E-state index >= 15 is 0 Å². The fourth-order valence-electron chi connectivity index (χ4n) is 3.49. The van der Waals surface area contributed by atoms with Gasteiger partial charge in [-0.1, -0.05) is 129 Å². The van der Waals surface area contributed by atoms with Gasteiger partial charge in [-0.2, -0.15) is 0 Å². The summed E-state index contributed by atoms with van der Waals surface area (Å²) in [5.41, 5.74) is 0. The lowest BCUT2D eigenvalue weighted by molar-refractivity contribution is 0.125. The van der Waals surface area contributed by atoms with Crippen molar-refractivity contribution in [2.75, 3.05) is 13.2 Å². The Morgan fingerprint density at radius 3 is 0.931 bits per heavy atom. The standard InChI is InChI=1S/C24H50O.HO3P/c1-3-5-7-9-11-13-15-17-19-21-23-25-24-22-20-18-16-14-12-10-8-6-4-2;1-4(2)3/h3-24H2,1-2H3;(H-,1,2,3)/p+1. The van der Waals surface area contributed by atoms with Crippen molar-refractivity contribution < 1.29 is 19.1 Å². The van der Waals surface area contributed by atoms with E-state index in [-0.39, 0.29) is 0 Å². The topological polar surface area (TPSA) is 66.8 Å². The SMILES string of the molecule is CCCCCCCCCCCCOCCCCCCCCCCCC.O=[P+](O)O. The molecule has 0 rings (SSSR count). The first-order valence-electron chi connectivity index (χ1n) is 12.6. The highest BCUT2D eigenvalue weighted by Gasteiger charge is 1.95. The van der Waals surface area contributed by atoms with Crippen LogP contribution in [0.15, 0.2) is 0 Å². The van der Waals surface area contributed by atoms with Crippen molar-refractivity contribution >= 4 is 8.25 Å². The summed E-state index contributed by atoms with van der Waals surface area (Å²) in [7, 11) is -2.87. The van der Waals surface area contributed by atoms with Crippen molar-refractivity contribution in [3.05, 3.63) is 0 Å². The molecule has 0 amide bonds. The molecule has 5 heteroatoms. The zero-order chi connectivity index (χ0) is 21.8. The summed E-state index contributed by atoms with van der Waals surface area (Å²) in [6.45, 7) is 6.57. The normalized spacial score (nSPS) is 10.6. The number of ether oxygens (including phenoxy) is 1.